The lowest BCUT2D eigenvalue weighted by atomic mass is 10.2. The quantitative estimate of drug-likeness (QED) is 0.800. The van der Waals surface area contributed by atoms with Crippen molar-refractivity contribution in [2.75, 3.05) is 13.2 Å². The summed E-state index contributed by atoms with van der Waals surface area (Å²) in [6.45, 7) is 2.78. The molecule has 1 heterocycles. The number of carbonyl (C=O) groups excluding carboxylic acids is 1. The van der Waals surface area contributed by atoms with E-state index in [0.29, 0.717) is 30.4 Å². The van der Waals surface area contributed by atoms with E-state index in [-0.39, 0.29) is 18.7 Å². The Bertz CT molecular complexity index is 659. The van der Waals surface area contributed by atoms with Crippen LogP contribution in [0.2, 0.25) is 5.02 Å². The molecule has 0 aliphatic heterocycles. The number of halogens is 1. The number of carbonyl (C=O) groups is 1. The molecule has 0 spiro atoms. The number of hydrogen-bond acceptors (Lipinski definition) is 4. The number of aliphatic hydroxyl groups excluding tert-OH is 1. The Morgan fingerprint density at radius 2 is 2.12 bits per heavy atom. The molecule has 0 aliphatic rings. The highest BCUT2D eigenvalue weighted by Gasteiger charge is 2.19. The average Bonchev–Trinajstić information content (AvgIpc) is 2.99. The van der Waals surface area contributed by atoms with Crippen molar-refractivity contribution >= 4 is 17.6 Å². The molecule has 0 aliphatic carbocycles. The van der Waals surface area contributed by atoms with Crippen molar-refractivity contribution in [1.29, 1.82) is 0 Å². The highest BCUT2D eigenvalue weighted by molar-refractivity contribution is 6.30. The second-order valence-electron chi connectivity index (χ2n) is 5.54. The fourth-order valence-corrected chi connectivity index (χ4v) is 2.49. The van der Waals surface area contributed by atoms with Crippen LogP contribution in [0.4, 0.5) is 4.79 Å². The minimum absolute atomic E-state index is 0.0310. The molecule has 130 valence electrons. The molecule has 0 unspecified atom stereocenters. The first-order valence-corrected chi connectivity index (χ1v) is 8.13. The Morgan fingerprint density at radius 1 is 1.42 bits per heavy atom. The number of nitrogens with zero attached hydrogens (tertiary/aromatic N) is 4. The molecule has 2 aromatic rings. The van der Waals surface area contributed by atoms with Gasteiger partial charge in [-0.15, -0.1) is 0 Å². The summed E-state index contributed by atoms with van der Waals surface area (Å²) in [5, 5.41) is 16.7. The third kappa shape index (κ3) is 4.94. The number of hydrogen-bond donors (Lipinski definition) is 2. The van der Waals surface area contributed by atoms with E-state index in [4.69, 9.17) is 16.7 Å². The summed E-state index contributed by atoms with van der Waals surface area (Å²) < 4.78 is 1.63. The molecule has 0 saturated heterocycles. The summed E-state index contributed by atoms with van der Waals surface area (Å²) in [6.07, 6.45) is 1.97. The summed E-state index contributed by atoms with van der Waals surface area (Å²) in [5.74, 6) is 0.678. The first kappa shape index (κ1) is 18.2. The Balaban J connectivity index is 2.04. The topological polar surface area (TPSA) is 83.3 Å². The molecule has 0 saturated carbocycles. The van der Waals surface area contributed by atoms with Gasteiger partial charge in [-0.3, -0.25) is 4.68 Å². The molecule has 7 nitrogen and oxygen atoms in total. The van der Waals surface area contributed by atoms with E-state index in [1.807, 2.05) is 19.1 Å². The van der Waals surface area contributed by atoms with Crippen molar-refractivity contribution in [2.45, 2.75) is 25.9 Å². The van der Waals surface area contributed by atoms with Gasteiger partial charge in [0.05, 0.1) is 6.04 Å². The van der Waals surface area contributed by atoms with Crippen LogP contribution < -0.4 is 5.32 Å². The molecular weight excluding hydrogens is 330 g/mol. The minimum atomic E-state index is -0.271. The van der Waals surface area contributed by atoms with E-state index in [1.54, 1.807) is 28.8 Å². The predicted octanol–water partition coefficient (Wildman–Crippen LogP) is 2.12. The molecule has 1 aromatic heterocycles. The van der Waals surface area contributed by atoms with E-state index in [0.717, 1.165) is 5.56 Å². The van der Waals surface area contributed by atoms with Crippen LogP contribution in [0.25, 0.3) is 0 Å². The van der Waals surface area contributed by atoms with Gasteiger partial charge in [-0.1, -0.05) is 23.7 Å². The van der Waals surface area contributed by atoms with Gasteiger partial charge in [0.2, 0.25) is 0 Å². The van der Waals surface area contributed by atoms with E-state index in [9.17, 15) is 4.79 Å². The number of aromatic nitrogens is 3. The van der Waals surface area contributed by atoms with Gasteiger partial charge in [0.15, 0.2) is 0 Å². The summed E-state index contributed by atoms with van der Waals surface area (Å²) in [4.78, 5) is 18.4. The largest absolute Gasteiger partial charge is 0.396 e. The first-order chi connectivity index (χ1) is 11.5. The Hall–Kier alpha value is -2.12. The van der Waals surface area contributed by atoms with Crippen LogP contribution >= 0.6 is 11.6 Å². The normalized spacial score (nSPS) is 12.0. The summed E-state index contributed by atoms with van der Waals surface area (Å²) >= 11 is 5.89. The number of aliphatic hydroxyl groups is 1. The fourth-order valence-electron chi connectivity index (χ4n) is 2.36. The van der Waals surface area contributed by atoms with E-state index in [2.05, 4.69) is 15.4 Å². The van der Waals surface area contributed by atoms with Gasteiger partial charge in [-0.25, -0.2) is 9.78 Å². The zero-order chi connectivity index (χ0) is 17.5. The van der Waals surface area contributed by atoms with Gasteiger partial charge >= 0.3 is 6.03 Å². The van der Waals surface area contributed by atoms with Crippen molar-refractivity contribution < 1.29 is 9.90 Å². The molecule has 0 fully saturated rings. The van der Waals surface area contributed by atoms with Crippen LogP contribution in [0.3, 0.4) is 0 Å². The van der Waals surface area contributed by atoms with Crippen molar-refractivity contribution in [2.24, 2.45) is 7.05 Å². The molecule has 2 N–H and O–H groups in total. The maximum atomic E-state index is 12.6. The maximum absolute atomic E-state index is 12.6. The number of nitrogens with one attached hydrogen (secondary N) is 1. The lowest BCUT2D eigenvalue weighted by Gasteiger charge is -2.25. The molecule has 2 amide bonds. The van der Waals surface area contributed by atoms with E-state index >= 15 is 0 Å². The maximum Gasteiger partial charge on any atom is 0.318 e. The Morgan fingerprint density at radius 3 is 2.71 bits per heavy atom. The van der Waals surface area contributed by atoms with Crippen molar-refractivity contribution in [3.8, 4) is 0 Å². The smallest absolute Gasteiger partial charge is 0.318 e. The molecular formula is C16H22ClN5O2. The lowest BCUT2D eigenvalue weighted by molar-refractivity contribution is 0.183. The second-order valence-corrected chi connectivity index (χ2v) is 5.97. The molecule has 1 aromatic carbocycles. The third-order valence-electron chi connectivity index (χ3n) is 3.63. The van der Waals surface area contributed by atoms with Crippen LogP contribution in [-0.2, 0) is 13.6 Å². The van der Waals surface area contributed by atoms with E-state index in [1.165, 1.54) is 6.33 Å². The molecule has 8 heteroatoms. The Labute approximate surface area is 146 Å². The summed E-state index contributed by atoms with van der Waals surface area (Å²) in [7, 11) is 1.78. The van der Waals surface area contributed by atoms with Crippen LogP contribution in [0.15, 0.2) is 30.6 Å². The Kier molecular flexibility index (Phi) is 6.57. The fraction of sp³-hybridized carbons (Fsp3) is 0.438. The number of amides is 2. The van der Waals surface area contributed by atoms with Gasteiger partial charge in [0.25, 0.3) is 0 Å². The number of rotatable bonds is 7. The summed E-state index contributed by atoms with van der Waals surface area (Å²) in [5.41, 5.74) is 0.971. The van der Waals surface area contributed by atoms with Crippen LogP contribution in [0.5, 0.6) is 0 Å². The van der Waals surface area contributed by atoms with Crippen molar-refractivity contribution in [1.82, 2.24) is 25.0 Å². The standard InChI is InChI=1S/C16H22ClN5O2/c1-12(15-18-11-19-21(15)2)20-16(24)22(8-3-9-23)10-13-4-6-14(17)7-5-13/h4-7,11-12,23H,3,8-10H2,1-2H3,(H,20,24)/t12-/m1/s1. The summed E-state index contributed by atoms with van der Waals surface area (Å²) in [6, 6.07) is 6.87. The van der Waals surface area contributed by atoms with Gasteiger partial charge in [-0.05, 0) is 31.0 Å². The second kappa shape index (κ2) is 8.65. The SMILES string of the molecule is C[C@@H](NC(=O)N(CCCO)Cc1ccc(Cl)cc1)c1ncnn1C. The van der Waals surface area contributed by atoms with Gasteiger partial charge in [0.1, 0.15) is 12.2 Å². The van der Waals surface area contributed by atoms with Crippen LogP contribution in [0.1, 0.15) is 30.8 Å². The van der Waals surface area contributed by atoms with Gasteiger partial charge < -0.3 is 15.3 Å². The average molecular weight is 352 g/mol. The number of benzene rings is 1. The third-order valence-corrected chi connectivity index (χ3v) is 3.89. The van der Waals surface area contributed by atoms with E-state index < -0.39 is 0 Å². The minimum Gasteiger partial charge on any atom is -0.396 e. The predicted molar refractivity (Wildman–Crippen MR) is 91.5 cm³/mol. The lowest BCUT2D eigenvalue weighted by Crippen LogP contribution is -2.41. The first-order valence-electron chi connectivity index (χ1n) is 7.76. The monoisotopic (exact) mass is 351 g/mol. The van der Waals surface area contributed by atoms with Crippen LogP contribution in [-0.4, -0.2) is 44.0 Å². The number of urea groups is 1. The van der Waals surface area contributed by atoms with Crippen molar-refractivity contribution in [3.63, 3.8) is 0 Å². The number of aryl methyl sites for hydroxylation is 1. The van der Waals surface area contributed by atoms with Gasteiger partial charge in [-0.2, -0.15) is 5.10 Å². The molecule has 0 bridgehead atoms. The highest BCUT2D eigenvalue weighted by Crippen LogP contribution is 2.13. The van der Waals surface area contributed by atoms with Crippen molar-refractivity contribution in [3.05, 3.63) is 47.0 Å². The highest BCUT2D eigenvalue weighted by atomic mass is 35.5. The molecule has 1 atom stereocenters. The molecule has 0 radical (unpaired) electrons. The zero-order valence-corrected chi connectivity index (χ0v) is 14.6. The molecule has 24 heavy (non-hydrogen) atoms. The molecule has 2 rings (SSSR count). The zero-order valence-electron chi connectivity index (χ0n) is 13.8. The van der Waals surface area contributed by atoms with Gasteiger partial charge in [0, 0.05) is 31.8 Å². The van der Waals surface area contributed by atoms with Crippen LogP contribution in [0, 0.1) is 0 Å².